The molecule has 0 saturated carbocycles. The molecule has 1 rings (SSSR count). The summed E-state index contributed by atoms with van der Waals surface area (Å²) in [6, 6.07) is 3.60. The van der Waals surface area contributed by atoms with E-state index in [1.807, 2.05) is 0 Å². The molecule has 0 radical (unpaired) electrons. The first-order valence-electron chi connectivity index (χ1n) is 5.59. The van der Waals surface area contributed by atoms with Crippen LogP contribution in [0.4, 0.5) is 17.6 Å². The van der Waals surface area contributed by atoms with Crippen LogP contribution in [-0.2, 0) is 6.54 Å². The third-order valence-electron chi connectivity index (χ3n) is 2.59. The van der Waals surface area contributed by atoms with E-state index in [0.717, 1.165) is 6.07 Å². The molecule has 0 aliphatic carbocycles. The van der Waals surface area contributed by atoms with Crippen molar-refractivity contribution in [3.05, 3.63) is 29.6 Å². The molecular weight excluding hydrogens is 265 g/mol. The molecule has 2 N–H and O–H groups in total. The van der Waals surface area contributed by atoms with E-state index >= 15 is 0 Å². The summed E-state index contributed by atoms with van der Waals surface area (Å²) in [5.74, 6) is -0.676. The summed E-state index contributed by atoms with van der Waals surface area (Å²) < 4.78 is 49.6. The van der Waals surface area contributed by atoms with Gasteiger partial charge in [-0.05, 0) is 18.6 Å². The van der Waals surface area contributed by atoms with Gasteiger partial charge in [0, 0.05) is 18.7 Å². The van der Waals surface area contributed by atoms with Crippen molar-refractivity contribution in [2.24, 2.45) is 0 Å². The van der Waals surface area contributed by atoms with Crippen molar-refractivity contribution in [3.63, 3.8) is 0 Å². The highest BCUT2D eigenvalue weighted by Crippen LogP contribution is 2.20. The molecule has 0 amide bonds. The first-order valence-corrected chi connectivity index (χ1v) is 5.59. The Morgan fingerprint density at radius 3 is 2.37 bits per heavy atom. The summed E-state index contributed by atoms with van der Waals surface area (Å²) in [7, 11) is -0.313. The number of hydrogen-bond acceptors (Lipinski definition) is 3. The lowest BCUT2D eigenvalue weighted by Gasteiger charge is -2.18. The standard InChI is InChI=1S/C11H14BF4NO2/c1-17(5-4-11(14,15)16)7-8-2-3-9(12(18)19)6-10(8)13/h2-3,6,18-19H,4-5,7H2,1H3. The van der Waals surface area contributed by atoms with Crippen LogP contribution in [0.3, 0.4) is 0 Å². The zero-order valence-electron chi connectivity index (χ0n) is 10.3. The average molecular weight is 279 g/mol. The molecule has 106 valence electrons. The molecular formula is C11H14BF4NO2. The second-order valence-electron chi connectivity index (χ2n) is 4.33. The normalized spacial score (nSPS) is 12.0. The fourth-order valence-corrected chi connectivity index (χ4v) is 1.54. The number of benzene rings is 1. The fraction of sp³-hybridized carbons (Fsp3) is 0.455. The van der Waals surface area contributed by atoms with Crippen molar-refractivity contribution in [2.45, 2.75) is 19.1 Å². The van der Waals surface area contributed by atoms with E-state index < -0.39 is 25.5 Å². The molecule has 1 aromatic carbocycles. The number of nitrogens with zero attached hydrogens (tertiary/aromatic N) is 1. The number of alkyl halides is 3. The van der Waals surface area contributed by atoms with E-state index in [0.29, 0.717) is 0 Å². The maximum Gasteiger partial charge on any atom is 0.488 e. The first kappa shape index (κ1) is 15.9. The Hall–Kier alpha value is -1.12. The van der Waals surface area contributed by atoms with Gasteiger partial charge in [0.2, 0.25) is 0 Å². The highest BCUT2D eigenvalue weighted by atomic mass is 19.4. The van der Waals surface area contributed by atoms with Crippen LogP contribution in [0.2, 0.25) is 0 Å². The maximum atomic E-state index is 13.6. The molecule has 3 nitrogen and oxygen atoms in total. The van der Waals surface area contributed by atoms with Crippen LogP contribution in [0.5, 0.6) is 0 Å². The predicted octanol–water partition coefficient (Wildman–Crippen LogP) is 0.890. The monoisotopic (exact) mass is 279 g/mol. The third kappa shape index (κ3) is 5.58. The van der Waals surface area contributed by atoms with Crippen LogP contribution >= 0.6 is 0 Å². The van der Waals surface area contributed by atoms with E-state index in [4.69, 9.17) is 10.0 Å². The molecule has 0 aromatic heterocycles. The van der Waals surface area contributed by atoms with Crippen molar-refractivity contribution >= 4 is 12.6 Å². The lowest BCUT2D eigenvalue weighted by Crippen LogP contribution is -2.30. The Kier molecular flexibility index (Phi) is 5.33. The number of halogens is 4. The van der Waals surface area contributed by atoms with E-state index in [9.17, 15) is 17.6 Å². The number of rotatable bonds is 5. The average Bonchev–Trinajstić information content (AvgIpc) is 2.28. The van der Waals surface area contributed by atoms with Gasteiger partial charge in [0.15, 0.2) is 0 Å². The van der Waals surface area contributed by atoms with E-state index in [1.54, 1.807) is 0 Å². The van der Waals surface area contributed by atoms with E-state index in [2.05, 4.69) is 0 Å². The van der Waals surface area contributed by atoms with Gasteiger partial charge >= 0.3 is 13.3 Å². The molecule has 0 aliphatic heterocycles. The maximum absolute atomic E-state index is 13.6. The van der Waals surface area contributed by atoms with Gasteiger partial charge in [-0.15, -0.1) is 0 Å². The predicted molar refractivity (Wildman–Crippen MR) is 63.2 cm³/mol. The van der Waals surface area contributed by atoms with Crippen LogP contribution in [0.1, 0.15) is 12.0 Å². The molecule has 1 aromatic rings. The molecule has 0 fully saturated rings. The van der Waals surface area contributed by atoms with E-state index in [-0.39, 0.29) is 24.1 Å². The zero-order valence-corrected chi connectivity index (χ0v) is 10.3. The number of hydrogen-bond donors (Lipinski definition) is 2. The fourth-order valence-electron chi connectivity index (χ4n) is 1.54. The minimum Gasteiger partial charge on any atom is -0.423 e. The van der Waals surface area contributed by atoms with Gasteiger partial charge in [0.05, 0.1) is 6.42 Å². The van der Waals surface area contributed by atoms with Crippen molar-refractivity contribution in [2.75, 3.05) is 13.6 Å². The van der Waals surface area contributed by atoms with Gasteiger partial charge in [-0.1, -0.05) is 12.1 Å². The Balaban J connectivity index is 2.62. The highest BCUT2D eigenvalue weighted by Gasteiger charge is 2.27. The SMILES string of the molecule is CN(CCC(F)(F)F)Cc1ccc(B(O)O)cc1F. The van der Waals surface area contributed by atoms with E-state index in [1.165, 1.54) is 24.1 Å². The van der Waals surface area contributed by atoms with Crippen LogP contribution in [-0.4, -0.2) is 41.8 Å². The molecule has 8 heteroatoms. The van der Waals surface area contributed by atoms with Crippen molar-refractivity contribution in [1.29, 1.82) is 0 Å². The second-order valence-corrected chi connectivity index (χ2v) is 4.33. The molecule has 19 heavy (non-hydrogen) atoms. The van der Waals surface area contributed by atoms with Gasteiger partial charge < -0.3 is 14.9 Å². The Morgan fingerprint density at radius 1 is 1.26 bits per heavy atom. The Labute approximate surface area is 108 Å². The molecule has 0 spiro atoms. The van der Waals surface area contributed by atoms with Crippen LogP contribution in [0, 0.1) is 5.82 Å². The molecule has 0 aliphatic rings. The lowest BCUT2D eigenvalue weighted by molar-refractivity contribution is -0.137. The summed E-state index contributed by atoms with van der Waals surface area (Å²) in [4.78, 5) is 1.35. The summed E-state index contributed by atoms with van der Waals surface area (Å²) >= 11 is 0. The van der Waals surface area contributed by atoms with Gasteiger partial charge in [0.1, 0.15) is 5.82 Å². The molecule has 0 atom stereocenters. The van der Waals surface area contributed by atoms with Gasteiger partial charge in [-0.2, -0.15) is 13.2 Å². The summed E-state index contributed by atoms with van der Waals surface area (Å²) in [6.07, 6.45) is -5.20. The van der Waals surface area contributed by atoms with Crippen molar-refractivity contribution in [1.82, 2.24) is 4.90 Å². The largest absolute Gasteiger partial charge is 0.488 e. The van der Waals surface area contributed by atoms with Crippen LogP contribution in [0.15, 0.2) is 18.2 Å². The third-order valence-corrected chi connectivity index (χ3v) is 2.59. The minimum absolute atomic E-state index is 0.000746. The van der Waals surface area contributed by atoms with Crippen molar-refractivity contribution < 1.29 is 27.6 Å². The van der Waals surface area contributed by atoms with Crippen LogP contribution in [0.25, 0.3) is 0 Å². The van der Waals surface area contributed by atoms with Gasteiger partial charge in [0.25, 0.3) is 0 Å². The molecule has 0 heterocycles. The quantitative estimate of drug-likeness (QED) is 0.621. The lowest BCUT2D eigenvalue weighted by atomic mass is 9.80. The summed E-state index contributed by atoms with van der Waals surface area (Å²) in [5.41, 5.74) is 0.202. The molecule has 0 saturated heterocycles. The van der Waals surface area contributed by atoms with Crippen molar-refractivity contribution in [3.8, 4) is 0 Å². The zero-order chi connectivity index (χ0) is 14.6. The summed E-state index contributed by atoms with van der Waals surface area (Å²) in [5, 5.41) is 17.7. The topological polar surface area (TPSA) is 43.7 Å². The second kappa shape index (κ2) is 6.36. The Bertz CT molecular complexity index is 426. The summed E-state index contributed by atoms with van der Waals surface area (Å²) in [6.45, 7) is -0.211. The van der Waals surface area contributed by atoms with Gasteiger partial charge in [-0.25, -0.2) is 4.39 Å². The van der Waals surface area contributed by atoms with Crippen LogP contribution < -0.4 is 5.46 Å². The molecule has 0 unspecified atom stereocenters. The molecule has 0 bridgehead atoms. The first-order chi connectivity index (χ1) is 8.69. The van der Waals surface area contributed by atoms with Gasteiger partial charge in [-0.3, -0.25) is 0 Å². The highest BCUT2D eigenvalue weighted by molar-refractivity contribution is 6.58. The minimum atomic E-state index is -4.24. The smallest absolute Gasteiger partial charge is 0.423 e. The Morgan fingerprint density at radius 2 is 1.89 bits per heavy atom.